The Morgan fingerprint density at radius 3 is 0.659 bits per heavy atom. The van der Waals surface area contributed by atoms with E-state index in [0.717, 1.165) is 32.1 Å². The SMILES string of the molecule is CCCCCCCCCC/C=C\CCCCCCCCCCCCCCCCCCCCCCCCCC(=O)OC(CO)COC(=O)CCCCCCCCCCCCCCCCCCCCCCC/C=C\CCCCCCCCCC. The topological polar surface area (TPSA) is 72.8 Å². The van der Waals surface area contributed by atoms with Crippen LogP contribution in [0.1, 0.15) is 438 Å². The number of hydrogen-bond acceptors (Lipinski definition) is 5. The van der Waals surface area contributed by atoms with Crippen molar-refractivity contribution in [1.82, 2.24) is 0 Å². The van der Waals surface area contributed by atoms with Gasteiger partial charge in [0.2, 0.25) is 0 Å². The quantitative estimate of drug-likeness (QED) is 0.0373. The Morgan fingerprint density at radius 1 is 0.268 bits per heavy atom. The molecule has 0 aliphatic rings. The number of carbonyl (C=O) groups is 2. The molecule has 5 nitrogen and oxygen atoms in total. The Labute approximate surface area is 514 Å². The van der Waals surface area contributed by atoms with E-state index in [0.29, 0.717) is 12.8 Å². The molecule has 0 aromatic heterocycles. The average Bonchev–Trinajstić information content (AvgIpc) is 3.49. The fourth-order valence-electron chi connectivity index (χ4n) is 12.0. The molecule has 0 rings (SSSR count). The molecule has 0 heterocycles. The van der Waals surface area contributed by atoms with Gasteiger partial charge in [-0.05, 0) is 64.2 Å². The largest absolute Gasteiger partial charge is 0.462 e. The van der Waals surface area contributed by atoms with Gasteiger partial charge in [0.1, 0.15) is 6.61 Å². The van der Waals surface area contributed by atoms with Crippen molar-refractivity contribution in [2.45, 2.75) is 444 Å². The Kier molecular flexibility index (Phi) is 72.2. The Balaban J connectivity index is 3.36. The van der Waals surface area contributed by atoms with Gasteiger partial charge in [-0.3, -0.25) is 9.59 Å². The minimum Gasteiger partial charge on any atom is -0.462 e. The van der Waals surface area contributed by atoms with Crippen LogP contribution in [-0.4, -0.2) is 36.4 Å². The normalized spacial score (nSPS) is 12.2. The predicted molar refractivity (Wildman–Crippen MR) is 362 cm³/mol. The molecular formula is C77H148O5. The lowest BCUT2D eigenvalue weighted by Crippen LogP contribution is -2.28. The second-order valence-corrected chi connectivity index (χ2v) is 26.1. The van der Waals surface area contributed by atoms with Gasteiger partial charge < -0.3 is 14.6 Å². The summed E-state index contributed by atoms with van der Waals surface area (Å²) in [5.41, 5.74) is 0. The van der Waals surface area contributed by atoms with Crippen LogP contribution in [0.3, 0.4) is 0 Å². The van der Waals surface area contributed by atoms with Crippen LogP contribution in [0.5, 0.6) is 0 Å². The zero-order valence-electron chi connectivity index (χ0n) is 56.1. The summed E-state index contributed by atoms with van der Waals surface area (Å²) < 4.78 is 10.8. The van der Waals surface area contributed by atoms with E-state index in [-0.39, 0.29) is 25.2 Å². The molecule has 0 aliphatic carbocycles. The Morgan fingerprint density at radius 2 is 0.451 bits per heavy atom. The molecule has 1 atom stereocenters. The Hall–Kier alpha value is -1.62. The second-order valence-electron chi connectivity index (χ2n) is 26.1. The molecule has 0 aromatic carbocycles. The minimum absolute atomic E-state index is 0.0575. The number of aliphatic hydroxyl groups is 1. The zero-order chi connectivity index (χ0) is 59.1. The van der Waals surface area contributed by atoms with Gasteiger partial charge >= 0.3 is 11.9 Å². The molecule has 0 fully saturated rings. The number of ether oxygens (including phenoxy) is 2. The van der Waals surface area contributed by atoms with E-state index in [1.54, 1.807) is 0 Å². The van der Waals surface area contributed by atoms with Gasteiger partial charge in [0.15, 0.2) is 6.10 Å². The molecule has 0 bridgehead atoms. The molecule has 0 saturated carbocycles. The van der Waals surface area contributed by atoms with Gasteiger partial charge in [-0.2, -0.15) is 0 Å². The lowest BCUT2D eigenvalue weighted by molar-refractivity contribution is -0.161. The number of allylic oxidation sites excluding steroid dienone is 4. The molecule has 0 spiro atoms. The molecule has 82 heavy (non-hydrogen) atoms. The van der Waals surface area contributed by atoms with Crippen LogP contribution in [0.15, 0.2) is 24.3 Å². The molecule has 0 aromatic rings. The highest BCUT2D eigenvalue weighted by molar-refractivity contribution is 5.70. The van der Waals surface area contributed by atoms with Crippen molar-refractivity contribution in [1.29, 1.82) is 0 Å². The van der Waals surface area contributed by atoms with E-state index >= 15 is 0 Å². The maximum Gasteiger partial charge on any atom is 0.306 e. The van der Waals surface area contributed by atoms with Crippen molar-refractivity contribution in [3.8, 4) is 0 Å². The first-order valence-electron chi connectivity index (χ1n) is 37.9. The summed E-state index contributed by atoms with van der Waals surface area (Å²) in [6.45, 7) is 4.21. The lowest BCUT2D eigenvalue weighted by Gasteiger charge is -2.15. The maximum atomic E-state index is 12.4. The van der Waals surface area contributed by atoms with E-state index in [9.17, 15) is 14.7 Å². The van der Waals surface area contributed by atoms with Crippen LogP contribution in [0, 0.1) is 0 Å². The minimum atomic E-state index is -0.769. The molecule has 5 heteroatoms. The second kappa shape index (κ2) is 73.6. The fraction of sp³-hybridized carbons (Fsp3) is 0.922. The molecule has 0 saturated heterocycles. The number of esters is 2. The van der Waals surface area contributed by atoms with E-state index in [1.165, 1.54) is 379 Å². The average molecular weight is 1150 g/mol. The van der Waals surface area contributed by atoms with Gasteiger partial charge in [-0.1, -0.05) is 385 Å². The fourth-order valence-corrected chi connectivity index (χ4v) is 12.0. The highest BCUT2D eigenvalue weighted by Gasteiger charge is 2.16. The molecular weight excluding hydrogens is 1000 g/mol. The summed E-state index contributed by atoms with van der Waals surface area (Å²) in [6.07, 6.45) is 96.8. The lowest BCUT2D eigenvalue weighted by atomic mass is 10.0. The van der Waals surface area contributed by atoms with Gasteiger partial charge in [0.05, 0.1) is 6.61 Å². The van der Waals surface area contributed by atoms with E-state index < -0.39 is 6.10 Å². The van der Waals surface area contributed by atoms with Crippen molar-refractivity contribution in [3.05, 3.63) is 24.3 Å². The smallest absolute Gasteiger partial charge is 0.306 e. The van der Waals surface area contributed by atoms with Crippen molar-refractivity contribution in [2.75, 3.05) is 13.2 Å². The third-order valence-corrected chi connectivity index (χ3v) is 17.7. The van der Waals surface area contributed by atoms with Crippen molar-refractivity contribution in [3.63, 3.8) is 0 Å². The first kappa shape index (κ1) is 80.4. The van der Waals surface area contributed by atoms with E-state index in [2.05, 4.69) is 38.2 Å². The van der Waals surface area contributed by atoms with Crippen molar-refractivity contribution >= 4 is 11.9 Å². The standard InChI is InChI=1S/C77H148O5/c1-3-5-7-9-11-13-15-17-19-21-23-25-27-29-31-33-35-37-38-40-42-44-46-48-50-52-54-56-58-60-62-64-66-68-70-72-77(80)82-75(73-78)74-81-76(79)71-69-67-65-63-61-59-57-55-53-51-49-47-45-43-41-39-36-34-32-30-28-26-24-22-20-18-16-14-12-10-8-6-4-2/h21-24,75,78H,3-20,25-74H2,1-2H3/b23-21-,24-22-. The number of aliphatic hydroxyl groups excluding tert-OH is 1. The zero-order valence-corrected chi connectivity index (χ0v) is 56.1. The predicted octanol–water partition coefficient (Wildman–Crippen LogP) is 26.3. The highest BCUT2D eigenvalue weighted by Crippen LogP contribution is 2.20. The number of hydrogen-bond donors (Lipinski definition) is 1. The number of unbranched alkanes of at least 4 members (excludes halogenated alkanes) is 60. The summed E-state index contributed by atoms with van der Waals surface area (Å²) in [4.78, 5) is 24.7. The molecule has 1 N–H and O–H groups in total. The monoisotopic (exact) mass is 1150 g/mol. The van der Waals surface area contributed by atoms with Gasteiger partial charge in [-0.15, -0.1) is 0 Å². The summed E-state index contributed by atoms with van der Waals surface area (Å²) in [6, 6.07) is 0. The maximum absolute atomic E-state index is 12.4. The third kappa shape index (κ3) is 70.9. The summed E-state index contributed by atoms with van der Waals surface area (Å²) in [5.74, 6) is -0.561. The van der Waals surface area contributed by atoms with Gasteiger partial charge in [0.25, 0.3) is 0 Å². The third-order valence-electron chi connectivity index (χ3n) is 17.7. The van der Waals surface area contributed by atoms with Gasteiger partial charge in [0, 0.05) is 12.8 Å². The first-order valence-corrected chi connectivity index (χ1v) is 37.9. The van der Waals surface area contributed by atoms with Crippen LogP contribution < -0.4 is 0 Å². The molecule has 1 unspecified atom stereocenters. The van der Waals surface area contributed by atoms with E-state index in [4.69, 9.17) is 9.47 Å². The number of rotatable bonds is 72. The van der Waals surface area contributed by atoms with Crippen LogP contribution in [0.2, 0.25) is 0 Å². The van der Waals surface area contributed by atoms with Crippen LogP contribution >= 0.6 is 0 Å². The summed E-state index contributed by atoms with van der Waals surface area (Å²) in [7, 11) is 0. The summed E-state index contributed by atoms with van der Waals surface area (Å²) >= 11 is 0. The summed E-state index contributed by atoms with van der Waals surface area (Å²) in [5, 5.41) is 9.72. The van der Waals surface area contributed by atoms with Gasteiger partial charge in [-0.25, -0.2) is 0 Å². The molecule has 0 radical (unpaired) electrons. The van der Waals surface area contributed by atoms with Crippen LogP contribution in [-0.2, 0) is 19.1 Å². The highest BCUT2D eigenvalue weighted by atomic mass is 16.6. The van der Waals surface area contributed by atoms with Crippen LogP contribution in [0.25, 0.3) is 0 Å². The van der Waals surface area contributed by atoms with Crippen molar-refractivity contribution in [2.24, 2.45) is 0 Å². The molecule has 0 amide bonds. The first-order chi connectivity index (χ1) is 40.6. The molecule has 486 valence electrons. The number of carbonyl (C=O) groups excluding carboxylic acids is 2. The van der Waals surface area contributed by atoms with Crippen molar-refractivity contribution < 1.29 is 24.2 Å². The van der Waals surface area contributed by atoms with E-state index in [1.807, 2.05) is 0 Å². The van der Waals surface area contributed by atoms with Crippen LogP contribution in [0.4, 0.5) is 0 Å². The molecule has 0 aliphatic heterocycles. The Bertz CT molecular complexity index is 1260.